The normalized spacial score (nSPS) is 21.5. The number of nitrogens with zero attached hydrogens (tertiary/aromatic N) is 1. The minimum absolute atomic E-state index is 0.0923. The highest BCUT2D eigenvalue weighted by molar-refractivity contribution is 6.02. The maximum atomic E-state index is 11.8. The average molecular weight is 247 g/mol. The van der Waals surface area contributed by atoms with E-state index in [-0.39, 0.29) is 17.9 Å². The van der Waals surface area contributed by atoms with Gasteiger partial charge in [-0.3, -0.25) is 4.79 Å². The van der Waals surface area contributed by atoms with Crippen molar-refractivity contribution < 1.29 is 9.53 Å². The predicted octanol–water partition coefficient (Wildman–Crippen LogP) is 2.82. The van der Waals surface area contributed by atoms with Crippen LogP contribution in [-0.4, -0.2) is 29.9 Å². The molecule has 3 heteroatoms. The van der Waals surface area contributed by atoms with Gasteiger partial charge in [-0.1, -0.05) is 19.2 Å². The van der Waals surface area contributed by atoms with Crippen LogP contribution in [0.15, 0.2) is 48.9 Å². The van der Waals surface area contributed by atoms with E-state index in [2.05, 4.69) is 25.0 Å². The van der Waals surface area contributed by atoms with Crippen molar-refractivity contribution in [3.05, 3.63) is 48.9 Å². The summed E-state index contributed by atoms with van der Waals surface area (Å²) >= 11 is 0. The molecule has 0 saturated heterocycles. The molecule has 1 heterocycles. The summed E-state index contributed by atoms with van der Waals surface area (Å²) in [5.74, 6) is 0.725. The lowest BCUT2D eigenvalue weighted by Gasteiger charge is -2.35. The fourth-order valence-corrected chi connectivity index (χ4v) is 1.91. The highest BCUT2D eigenvalue weighted by Crippen LogP contribution is 2.19. The van der Waals surface area contributed by atoms with Gasteiger partial charge >= 0.3 is 0 Å². The van der Waals surface area contributed by atoms with Gasteiger partial charge in [0.25, 0.3) is 0 Å². The molecule has 0 radical (unpaired) electrons. The standard InChI is InChI=1S/C15H21NO2/c1-11-9-10-16(14(4)15(11)17)12(2)7-6-8-13(3)18-5/h6,8-10,12,14H,1,3,7H2,2,4-5H3. The summed E-state index contributed by atoms with van der Waals surface area (Å²) in [7, 11) is 1.59. The number of rotatable bonds is 5. The van der Waals surface area contributed by atoms with E-state index in [0.717, 1.165) is 6.42 Å². The number of carbonyl (C=O) groups excluding carboxylic acids is 1. The second kappa shape index (κ2) is 6.24. The van der Waals surface area contributed by atoms with Crippen LogP contribution in [0.1, 0.15) is 20.3 Å². The Balaban J connectivity index is 2.62. The molecule has 0 N–H and O–H groups in total. The molecule has 0 bridgehead atoms. The molecular formula is C15H21NO2. The fourth-order valence-electron chi connectivity index (χ4n) is 1.91. The molecule has 0 fully saturated rings. The van der Waals surface area contributed by atoms with Crippen molar-refractivity contribution in [1.29, 1.82) is 0 Å². The van der Waals surface area contributed by atoms with Gasteiger partial charge in [-0.25, -0.2) is 0 Å². The summed E-state index contributed by atoms with van der Waals surface area (Å²) in [5, 5.41) is 0. The minimum Gasteiger partial charge on any atom is -0.497 e. The Bertz CT molecular complexity index is 407. The predicted molar refractivity (Wildman–Crippen MR) is 74.0 cm³/mol. The first-order valence-electron chi connectivity index (χ1n) is 6.05. The molecular weight excluding hydrogens is 226 g/mol. The Labute approximate surface area is 109 Å². The third-order valence-electron chi connectivity index (χ3n) is 3.14. The Kier molecular flexibility index (Phi) is 4.95. The Morgan fingerprint density at radius 1 is 1.67 bits per heavy atom. The first kappa shape index (κ1) is 14.3. The van der Waals surface area contributed by atoms with Gasteiger partial charge in [0.2, 0.25) is 0 Å². The van der Waals surface area contributed by atoms with Gasteiger partial charge in [0.1, 0.15) is 5.76 Å². The Morgan fingerprint density at radius 3 is 2.94 bits per heavy atom. The van der Waals surface area contributed by atoms with Crippen molar-refractivity contribution in [2.75, 3.05) is 7.11 Å². The van der Waals surface area contributed by atoms with Crippen LogP contribution in [0.4, 0.5) is 0 Å². The number of methoxy groups -OCH3 is 1. The third kappa shape index (κ3) is 3.36. The molecule has 1 aliphatic heterocycles. The Hall–Kier alpha value is -1.77. The first-order chi connectivity index (χ1) is 8.47. The maximum Gasteiger partial charge on any atom is 0.184 e. The first-order valence-corrected chi connectivity index (χ1v) is 6.05. The quantitative estimate of drug-likeness (QED) is 0.425. The van der Waals surface area contributed by atoms with Crippen molar-refractivity contribution in [2.24, 2.45) is 0 Å². The smallest absolute Gasteiger partial charge is 0.184 e. The number of carbonyl (C=O) groups is 1. The third-order valence-corrected chi connectivity index (χ3v) is 3.14. The summed E-state index contributed by atoms with van der Waals surface area (Å²) in [5.41, 5.74) is 0.578. The SMILES string of the molecule is C=C(C=CCC(C)N1C=CC(=C)C(=O)C1C)OC. The van der Waals surface area contributed by atoms with Gasteiger partial charge in [0.05, 0.1) is 13.2 Å². The number of ketones is 1. The number of ether oxygens (including phenoxy) is 1. The summed E-state index contributed by atoms with van der Waals surface area (Å²) in [6.07, 6.45) is 8.39. The van der Waals surface area contributed by atoms with Gasteiger partial charge in [-0.15, -0.1) is 0 Å². The van der Waals surface area contributed by atoms with Crippen LogP contribution >= 0.6 is 0 Å². The van der Waals surface area contributed by atoms with E-state index in [9.17, 15) is 4.79 Å². The lowest BCUT2D eigenvalue weighted by Crippen LogP contribution is -2.43. The lowest BCUT2D eigenvalue weighted by atomic mass is 10.00. The molecule has 0 amide bonds. The fraction of sp³-hybridized carbons (Fsp3) is 0.400. The summed E-state index contributed by atoms with van der Waals surface area (Å²) in [4.78, 5) is 13.9. The molecule has 2 unspecified atom stereocenters. The van der Waals surface area contributed by atoms with Crippen LogP contribution in [0.5, 0.6) is 0 Å². The molecule has 2 atom stereocenters. The highest BCUT2D eigenvalue weighted by atomic mass is 16.5. The molecule has 1 rings (SSSR count). The van der Waals surface area contributed by atoms with Gasteiger partial charge in [0.15, 0.2) is 5.78 Å². The zero-order valence-corrected chi connectivity index (χ0v) is 11.3. The van der Waals surface area contributed by atoms with E-state index in [4.69, 9.17) is 4.74 Å². The summed E-state index contributed by atoms with van der Waals surface area (Å²) < 4.78 is 4.96. The van der Waals surface area contributed by atoms with Crippen molar-refractivity contribution >= 4 is 5.78 Å². The second-order valence-electron chi connectivity index (χ2n) is 4.49. The molecule has 0 aromatic rings. The highest BCUT2D eigenvalue weighted by Gasteiger charge is 2.26. The van der Waals surface area contributed by atoms with Gasteiger partial charge in [0, 0.05) is 17.8 Å². The van der Waals surface area contributed by atoms with Crippen LogP contribution in [0.25, 0.3) is 0 Å². The van der Waals surface area contributed by atoms with Crippen molar-refractivity contribution in [2.45, 2.75) is 32.4 Å². The number of Topliss-reactive ketones (excluding diaryl/α,β-unsaturated/α-hetero) is 1. The molecule has 0 saturated carbocycles. The van der Waals surface area contributed by atoms with E-state index < -0.39 is 0 Å². The zero-order valence-electron chi connectivity index (χ0n) is 11.3. The number of hydrogen-bond donors (Lipinski definition) is 0. The molecule has 0 spiro atoms. The van der Waals surface area contributed by atoms with Gasteiger partial charge < -0.3 is 9.64 Å². The van der Waals surface area contributed by atoms with Crippen LogP contribution in [0.3, 0.4) is 0 Å². The van der Waals surface area contributed by atoms with Crippen molar-refractivity contribution in [3.63, 3.8) is 0 Å². The van der Waals surface area contributed by atoms with Gasteiger partial charge in [-0.05, 0) is 32.4 Å². The van der Waals surface area contributed by atoms with E-state index in [0.29, 0.717) is 11.3 Å². The molecule has 0 aromatic heterocycles. The van der Waals surface area contributed by atoms with E-state index in [1.165, 1.54) is 0 Å². The lowest BCUT2D eigenvalue weighted by molar-refractivity contribution is -0.119. The average Bonchev–Trinajstić information content (AvgIpc) is 2.35. The van der Waals surface area contributed by atoms with E-state index >= 15 is 0 Å². The molecule has 3 nitrogen and oxygen atoms in total. The number of allylic oxidation sites excluding steroid dienone is 2. The summed E-state index contributed by atoms with van der Waals surface area (Å²) in [6.45, 7) is 11.4. The van der Waals surface area contributed by atoms with Crippen LogP contribution in [0, 0.1) is 0 Å². The topological polar surface area (TPSA) is 29.5 Å². The minimum atomic E-state index is -0.142. The van der Waals surface area contributed by atoms with E-state index in [1.807, 2.05) is 25.3 Å². The Morgan fingerprint density at radius 2 is 2.33 bits per heavy atom. The van der Waals surface area contributed by atoms with Crippen LogP contribution in [-0.2, 0) is 9.53 Å². The molecule has 0 aliphatic carbocycles. The maximum absolute atomic E-state index is 11.8. The number of hydrogen-bond acceptors (Lipinski definition) is 3. The van der Waals surface area contributed by atoms with Crippen LogP contribution < -0.4 is 0 Å². The molecule has 0 aromatic carbocycles. The van der Waals surface area contributed by atoms with Crippen LogP contribution in [0.2, 0.25) is 0 Å². The second-order valence-corrected chi connectivity index (χ2v) is 4.49. The van der Waals surface area contributed by atoms with Gasteiger partial charge in [-0.2, -0.15) is 0 Å². The zero-order chi connectivity index (χ0) is 13.7. The molecule has 18 heavy (non-hydrogen) atoms. The molecule has 98 valence electrons. The largest absolute Gasteiger partial charge is 0.497 e. The molecule has 1 aliphatic rings. The van der Waals surface area contributed by atoms with Crippen molar-refractivity contribution in [1.82, 2.24) is 4.90 Å². The van der Waals surface area contributed by atoms with Crippen molar-refractivity contribution in [3.8, 4) is 0 Å². The summed E-state index contributed by atoms with van der Waals surface area (Å²) in [6, 6.07) is 0.103. The van der Waals surface area contributed by atoms with E-state index in [1.54, 1.807) is 13.2 Å². The monoisotopic (exact) mass is 247 g/mol.